The van der Waals surface area contributed by atoms with Crippen LogP contribution in [0.5, 0.6) is 5.75 Å². The number of hydrogen-bond acceptors (Lipinski definition) is 4. The molecule has 1 N–H and O–H groups in total. The monoisotopic (exact) mass is 430 g/mol. The molecule has 1 aromatic rings. The maximum atomic E-state index is 10.6. The molecule has 1 aromatic carbocycles. The number of carboxylic acid groups (broad SMARTS) is 1. The van der Waals surface area contributed by atoms with Gasteiger partial charge in [-0.15, -0.1) is 0 Å². The van der Waals surface area contributed by atoms with E-state index in [-0.39, 0.29) is 6.42 Å². The van der Waals surface area contributed by atoms with Gasteiger partial charge in [0.05, 0.1) is 25.4 Å². The van der Waals surface area contributed by atoms with E-state index in [1.54, 1.807) is 0 Å². The number of aliphatic carboxylic acids is 1. The van der Waals surface area contributed by atoms with E-state index in [2.05, 4.69) is 18.2 Å². The largest absolute Gasteiger partial charge is 0.494 e. The van der Waals surface area contributed by atoms with Gasteiger partial charge in [-0.25, -0.2) is 0 Å². The topological polar surface area (TPSA) is 65.0 Å². The predicted octanol–water partition coefficient (Wildman–Crippen LogP) is 5.25. The third-order valence-corrected chi connectivity index (χ3v) is 7.40. The lowest BCUT2D eigenvalue weighted by Crippen LogP contribution is -2.33. The van der Waals surface area contributed by atoms with Crippen LogP contribution < -0.4 is 4.74 Å². The number of unbranched alkanes of at least 4 members (excludes halogenated alkanes) is 1. The second kappa shape index (κ2) is 11.3. The molecule has 3 aliphatic rings. The summed E-state index contributed by atoms with van der Waals surface area (Å²) in [5.41, 5.74) is 1.29. The molecule has 5 nitrogen and oxygen atoms in total. The van der Waals surface area contributed by atoms with Crippen molar-refractivity contribution in [2.75, 3.05) is 19.8 Å². The first-order valence-electron chi connectivity index (χ1n) is 12.4. The summed E-state index contributed by atoms with van der Waals surface area (Å²) in [6.07, 6.45) is 12.5. The van der Waals surface area contributed by atoms with Crippen LogP contribution in [-0.4, -0.2) is 43.1 Å². The van der Waals surface area contributed by atoms with Crippen molar-refractivity contribution in [1.82, 2.24) is 0 Å². The molecule has 31 heavy (non-hydrogen) atoms. The van der Waals surface area contributed by atoms with Gasteiger partial charge in [0.2, 0.25) is 0 Å². The Morgan fingerprint density at radius 3 is 2.61 bits per heavy atom. The first-order valence-corrected chi connectivity index (χ1v) is 12.4. The highest BCUT2D eigenvalue weighted by molar-refractivity contribution is 5.66. The highest BCUT2D eigenvalue weighted by Gasteiger charge is 2.48. The highest BCUT2D eigenvalue weighted by Crippen LogP contribution is 2.45. The SMILES string of the molecule is O=C(O)CCCCOc1cccc(C[C@@H]2[C@H](COCC3CCCCC3)[C@@H]3CC[C@H]2O3)c1. The van der Waals surface area contributed by atoms with Crippen molar-refractivity contribution in [3.8, 4) is 5.75 Å². The first-order chi connectivity index (χ1) is 15.2. The van der Waals surface area contributed by atoms with E-state index in [0.29, 0.717) is 37.1 Å². The number of carbonyl (C=O) groups is 1. The predicted molar refractivity (Wildman–Crippen MR) is 119 cm³/mol. The summed E-state index contributed by atoms with van der Waals surface area (Å²) < 4.78 is 18.4. The van der Waals surface area contributed by atoms with Crippen molar-refractivity contribution < 1.29 is 24.1 Å². The van der Waals surface area contributed by atoms with Crippen molar-refractivity contribution in [2.24, 2.45) is 17.8 Å². The van der Waals surface area contributed by atoms with E-state index in [0.717, 1.165) is 37.7 Å². The average molecular weight is 431 g/mol. The third kappa shape index (κ3) is 6.45. The van der Waals surface area contributed by atoms with Crippen LogP contribution in [-0.2, 0) is 20.7 Å². The fraction of sp³-hybridized carbons (Fsp3) is 0.731. The molecule has 0 aromatic heterocycles. The number of ether oxygens (including phenoxy) is 3. The minimum atomic E-state index is -0.743. The number of carboxylic acids is 1. The van der Waals surface area contributed by atoms with Crippen LogP contribution in [0.4, 0.5) is 0 Å². The number of rotatable bonds is 12. The van der Waals surface area contributed by atoms with Crippen molar-refractivity contribution in [1.29, 1.82) is 0 Å². The number of fused-ring (bicyclic) bond motifs is 2. The fourth-order valence-electron chi connectivity index (χ4n) is 5.71. The highest BCUT2D eigenvalue weighted by atomic mass is 16.5. The molecule has 5 heteroatoms. The van der Waals surface area contributed by atoms with Gasteiger partial charge in [0.1, 0.15) is 5.75 Å². The van der Waals surface area contributed by atoms with Gasteiger partial charge in [0.15, 0.2) is 0 Å². The summed E-state index contributed by atoms with van der Waals surface area (Å²) in [5.74, 6) is 1.92. The summed E-state index contributed by atoms with van der Waals surface area (Å²) in [4.78, 5) is 10.6. The van der Waals surface area contributed by atoms with Crippen LogP contribution in [0.3, 0.4) is 0 Å². The van der Waals surface area contributed by atoms with Crippen LogP contribution in [0.1, 0.15) is 69.8 Å². The van der Waals surface area contributed by atoms with Gasteiger partial charge >= 0.3 is 5.97 Å². The summed E-state index contributed by atoms with van der Waals surface area (Å²) >= 11 is 0. The lowest BCUT2D eigenvalue weighted by atomic mass is 9.76. The molecule has 2 bridgehead atoms. The Bertz CT molecular complexity index is 699. The van der Waals surface area contributed by atoms with Gasteiger partial charge in [-0.1, -0.05) is 31.4 Å². The van der Waals surface area contributed by atoms with E-state index >= 15 is 0 Å². The van der Waals surface area contributed by atoms with Crippen LogP contribution in [0.25, 0.3) is 0 Å². The van der Waals surface area contributed by atoms with E-state index in [1.807, 2.05) is 6.07 Å². The molecule has 1 saturated carbocycles. The van der Waals surface area contributed by atoms with Crippen LogP contribution in [0.2, 0.25) is 0 Å². The quantitative estimate of drug-likeness (QED) is 0.459. The standard InChI is InChI=1S/C26H38O5/c27-26(28)11-4-5-14-30-21-10-6-9-20(15-21)16-22-23(25-13-12-24(22)31-25)18-29-17-19-7-2-1-3-8-19/h6,9-10,15,19,22-25H,1-5,7-8,11-14,16-18H2,(H,27,28)/t22-,23+,24-,25+/m1/s1. The Hall–Kier alpha value is -1.59. The lowest BCUT2D eigenvalue weighted by Gasteiger charge is -2.29. The molecule has 1 aliphatic carbocycles. The molecule has 0 amide bonds. The second-order valence-electron chi connectivity index (χ2n) is 9.71. The van der Waals surface area contributed by atoms with Gasteiger partial charge in [-0.2, -0.15) is 0 Å². The molecule has 4 rings (SSSR count). The van der Waals surface area contributed by atoms with Crippen molar-refractivity contribution >= 4 is 5.97 Å². The number of hydrogen-bond donors (Lipinski definition) is 1. The molecule has 0 unspecified atom stereocenters. The van der Waals surface area contributed by atoms with Gasteiger partial charge in [-0.3, -0.25) is 4.79 Å². The minimum Gasteiger partial charge on any atom is -0.494 e. The van der Waals surface area contributed by atoms with Gasteiger partial charge < -0.3 is 19.3 Å². The summed E-state index contributed by atoms with van der Waals surface area (Å²) in [6.45, 7) is 2.32. The first kappa shape index (κ1) is 22.6. The molecule has 2 aliphatic heterocycles. The van der Waals surface area contributed by atoms with E-state index in [9.17, 15) is 4.79 Å². The molecule has 2 heterocycles. The second-order valence-corrected chi connectivity index (χ2v) is 9.71. The zero-order valence-electron chi connectivity index (χ0n) is 18.7. The Balaban J connectivity index is 1.26. The Morgan fingerprint density at radius 2 is 1.81 bits per heavy atom. The van der Waals surface area contributed by atoms with Crippen molar-refractivity contribution in [2.45, 2.75) is 82.8 Å². The zero-order chi connectivity index (χ0) is 21.5. The molecule has 4 atom stereocenters. The van der Waals surface area contributed by atoms with Crippen molar-refractivity contribution in [3.63, 3.8) is 0 Å². The molecule has 172 valence electrons. The molecule has 3 fully saturated rings. The third-order valence-electron chi connectivity index (χ3n) is 7.40. The maximum absolute atomic E-state index is 10.6. The van der Waals surface area contributed by atoms with Crippen LogP contribution in [0.15, 0.2) is 24.3 Å². The maximum Gasteiger partial charge on any atom is 0.303 e. The fourth-order valence-corrected chi connectivity index (χ4v) is 5.71. The lowest BCUT2D eigenvalue weighted by molar-refractivity contribution is -0.137. The normalized spacial score (nSPS) is 28.1. The Kier molecular flexibility index (Phi) is 8.26. The van der Waals surface area contributed by atoms with E-state index < -0.39 is 5.97 Å². The van der Waals surface area contributed by atoms with Gasteiger partial charge in [0, 0.05) is 18.9 Å². The van der Waals surface area contributed by atoms with Gasteiger partial charge in [-0.05, 0) is 74.5 Å². The van der Waals surface area contributed by atoms with Crippen molar-refractivity contribution in [3.05, 3.63) is 29.8 Å². The molecule has 0 radical (unpaired) electrons. The Labute approximate surface area is 186 Å². The average Bonchev–Trinajstić information content (AvgIpc) is 3.37. The summed E-state index contributed by atoms with van der Waals surface area (Å²) in [5, 5.41) is 8.73. The number of benzene rings is 1. The smallest absolute Gasteiger partial charge is 0.303 e. The van der Waals surface area contributed by atoms with E-state index in [1.165, 1.54) is 50.5 Å². The molecule has 0 spiro atoms. The zero-order valence-corrected chi connectivity index (χ0v) is 18.7. The van der Waals surface area contributed by atoms with Crippen LogP contribution in [0, 0.1) is 17.8 Å². The minimum absolute atomic E-state index is 0.206. The Morgan fingerprint density at radius 1 is 1.00 bits per heavy atom. The van der Waals surface area contributed by atoms with Gasteiger partial charge in [0.25, 0.3) is 0 Å². The summed E-state index contributed by atoms with van der Waals surface area (Å²) in [6, 6.07) is 8.37. The van der Waals surface area contributed by atoms with E-state index in [4.69, 9.17) is 19.3 Å². The molecule has 2 saturated heterocycles. The molecular formula is C26H38O5. The summed E-state index contributed by atoms with van der Waals surface area (Å²) in [7, 11) is 0. The molecular weight excluding hydrogens is 392 g/mol. The van der Waals surface area contributed by atoms with Crippen LogP contribution >= 0.6 is 0 Å².